The standard InChI is InChI=1S/C13H14N2O4/c1-2-18-10-4-3-5-11(7-10)19-8-9-6-12(13(16)17)15-14-9/h3-7H,2,8H2,1H3,(H,14,15)(H,16,17). The minimum absolute atomic E-state index is 0.0262. The number of hydrogen-bond acceptors (Lipinski definition) is 4. The second kappa shape index (κ2) is 5.90. The fourth-order valence-corrected chi connectivity index (χ4v) is 1.53. The Morgan fingerprint density at radius 1 is 1.32 bits per heavy atom. The van der Waals surface area contributed by atoms with Gasteiger partial charge in [-0.1, -0.05) is 6.07 Å². The van der Waals surface area contributed by atoms with Gasteiger partial charge in [0.1, 0.15) is 18.1 Å². The predicted octanol–water partition coefficient (Wildman–Crippen LogP) is 2.09. The highest BCUT2D eigenvalue weighted by Crippen LogP contribution is 2.20. The number of carbonyl (C=O) groups is 1. The van der Waals surface area contributed by atoms with Crippen LogP contribution in [0.2, 0.25) is 0 Å². The number of nitrogens with zero attached hydrogens (tertiary/aromatic N) is 1. The maximum absolute atomic E-state index is 10.7. The molecule has 0 unspecified atom stereocenters. The van der Waals surface area contributed by atoms with Crippen LogP contribution in [0.15, 0.2) is 30.3 Å². The van der Waals surface area contributed by atoms with Crippen LogP contribution in [0.3, 0.4) is 0 Å². The maximum Gasteiger partial charge on any atom is 0.356 e. The summed E-state index contributed by atoms with van der Waals surface area (Å²) >= 11 is 0. The molecule has 2 N–H and O–H groups in total. The SMILES string of the molecule is CCOc1cccc(OCc2cc(C(=O)O)n[nH]2)c1. The molecule has 0 saturated carbocycles. The molecule has 0 bridgehead atoms. The van der Waals surface area contributed by atoms with E-state index in [1.54, 1.807) is 12.1 Å². The molecule has 1 heterocycles. The van der Waals surface area contributed by atoms with Crippen molar-refractivity contribution in [1.29, 1.82) is 0 Å². The molecule has 0 saturated heterocycles. The third kappa shape index (κ3) is 3.48. The van der Waals surface area contributed by atoms with E-state index in [-0.39, 0.29) is 12.3 Å². The minimum atomic E-state index is -1.07. The van der Waals surface area contributed by atoms with E-state index in [1.165, 1.54) is 6.07 Å². The summed E-state index contributed by atoms with van der Waals surface area (Å²) in [6.45, 7) is 2.72. The first kappa shape index (κ1) is 12.9. The smallest absolute Gasteiger partial charge is 0.356 e. The van der Waals surface area contributed by atoms with Gasteiger partial charge >= 0.3 is 5.97 Å². The molecule has 0 amide bonds. The minimum Gasteiger partial charge on any atom is -0.494 e. The van der Waals surface area contributed by atoms with Crippen molar-refractivity contribution < 1.29 is 19.4 Å². The van der Waals surface area contributed by atoms with Gasteiger partial charge in [-0.3, -0.25) is 5.10 Å². The first-order chi connectivity index (χ1) is 9.19. The molecule has 2 rings (SSSR count). The number of carboxylic acid groups (broad SMARTS) is 1. The number of H-pyrrole nitrogens is 1. The number of aromatic carboxylic acids is 1. The topological polar surface area (TPSA) is 84.4 Å². The van der Waals surface area contributed by atoms with Crippen molar-refractivity contribution in [2.24, 2.45) is 0 Å². The molecule has 0 atom stereocenters. The molecule has 6 heteroatoms. The van der Waals surface area contributed by atoms with Gasteiger partial charge in [0.2, 0.25) is 0 Å². The van der Waals surface area contributed by atoms with E-state index in [1.807, 2.05) is 19.1 Å². The zero-order valence-corrected chi connectivity index (χ0v) is 10.4. The quantitative estimate of drug-likeness (QED) is 0.832. The van der Waals surface area contributed by atoms with Crippen LogP contribution in [0.1, 0.15) is 23.1 Å². The molecule has 0 aliphatic heterocycles. The van der Waals surface area contributed by atoms with Crippen molar-refractivity contribution in [2.45, 2.75) is 13.5 Å². The van der Waals surface area contributed by atoms with E-state index in [0.29, 0.717) is 18.1 Å². The summed E-state index contributed by atoms with van der Waals surface area (Å²) in [7, 11) is 0. The Bertz CT molecular complexity index is 565. The highest BCUT2D eigenvalue weighted by Gasteiger charge is 2.08. The highest BCUT2D eigenvalue weighted by atomic mass is 16.5. The van der Waals surface area contributed by atoms with E-state index < -0.39 is 5.97 Å². The Labute approximate surface area is 110 Å². The second-order valence-electron chi connectivity index (χ2n) is 3.78. The van der Waals surface area contributed by atoms with Crippen molar-refractivity contribution in [3.63, 3.8) is 0 Å². The molecule has 0 aliphatic rings. The summed E-state index contributed by atoms with van der Waals surface area (Å²) < 4.78 is 10.9. The van der Waals surface area contributed by atoms with Gasteiger partial charge in [0.05, 0.1) is 12.3 Å². The van der Waals surface area contributed by atoms with Gasteiger partial charge in [-0.25, -0.2) is 4.79 Å². The molecule has 0 radical (unpaired) electrons. The average molecular weight is 262 g/mol. The van der Waals surface area contributed by atoms with Gasteiger partial charge in [-0.15, -0.1) is 0 Å². The van der Waals surface area contributed by atoms with Gasteiger partial charge in [0.25, 0.3) is 0 Å². The lowest BCUT2D eigenvalue weighted by atomic mass is 10.3. The summed E-state index contributed by atoms with van der Waals surface area (Å²) in [5.74, 6) is 0.314. The third-order valence-electron chi connectivity index (χ3n) is 2.36. The Balaban J connectivity index is 1.97. The molecule has 0 spiro atoms. The van der Waals surface area contributed by atoms with Crippen molar-refractivity contribution in [3.8, 4) is 11.5 Å². The monoisotopic (exact) mass is 262 g/mol. The Morgan fingerprint density at radius 3 is 2.68 bits per heavy atom. The Morgan fingerprint density at radius 2 is 2.05 bits per heavy atom. The number of nitrogens with one attached hydrogen (secondary N) is 1. The van der Waals surface area contributed by atoms with Gasteiger partial charge in [0, 0.05) is 6.07 Å². The van der Waals surface area contributed by atoms with Crippen molar-refractivity contribution in [2.75, 3.05) is 6.61 Å². The lowest BCUT2D eigenvalue weighted by Gasteiger charge is -2.07. The van der Waals surface area contributed by atoms with Crippen molar-refractivity contribution in [1.82, 2.24) is 10.2 Å². The number of hydrogen-bond donors (Lipinski definition) is 2. The summed E-state index contributed by atoms with van der Waals surface area (Å²) in [5.41, 5.74) is 0.570. The van der Waals surface area contributed by atoms with E-state index in [0.717, 1.165) is 5.75 Å². The van der Waals surface area contributed by atoms with Crippen LogP contribution >= 0.6 is 0 Å². The number of carboxylic acids is 1. The van der Waals surface area contributed by atoms with E-state index in [9.17, 15) is 4.79 Å². The maximum atomic E-state index is 10.7. The molecule has 1 aromatic heterocycles. The number of aromatic amines is 1. The number of aromatic nitrogens is 2. The first-order valence-electron chi connectivity index (χ1n) is 5.82. The Kier molecular flexibility index (Phi) is 4.02. The zero-order valence-electron chi connectivity index (χ0n) is 10.4. The van der Waals surface area contributed by atoms with Crippen LogP contribution in [0.25, 0.3) is 0 Å². The van der Waals surface area contributed by atoms with Gasteiger partial charge in [0.15, 0.2) is 5.69 Å². The highest BCUT2D eigenvalue weighted by molar-refractivity contribution is 5.85. The molecular weight excluding hydrogens is 248 g/mol. The summed E-state index contributed by atoms with van der Waals surface area (Å²) in [4.78, 5) is 10.7. The fraction of sp³-hybridized carbons (Fsp3) is 0.231. The molecule has 0 aliphatic carbocycles. The van der Waals surface area contributed by atoms with Crippen LogP contribution in [0.4, 0.5) is 0 Å². The van der Waals surface area contributed by atoms with Crippen LogP contribution < -0.4 is 9.47 Å². The Hall–Kier alpha value is -2.50. The van der Waals surface area contributed by atoms with Gasteiger partial charge in [-0.05, 0) is 25.1 Å². The second-order valence-corrected chi connectivity index (χ2v) is 3.78. The normalized spacial score (nSPS) is 10.2. The molecule has 100 valence electrons. The van der Waals surface area contributed by atoms with Gasteiger partial charge in [-0.2, -0.15) is 5.10 Å². The third-order valence-corrected chi connectivity index (χ3v) is 2.36. The lowest BCUT2D eigenvalue weighted by molar-refractivity contribution is 0.0690. The zero-order chi connectivity index (χ0) is 13.7. The first-order valence-corrected chi connectivity index (χ1v) is 5.82. The largest absolute Gasteiger partial charge is 0.494 e. The van der Waals surface area contributed by atoms with Crippen LogP contribution in [-0.4, -0.2) is 27.9 Å². The van der Waals surface area contributed by atoms with Crippen LogP contribution in [0.5, 0.6) is 11.5 Å². The predicted molar refractivity (Wildman–Crippen MR) is 67.5 cm³/mol. The molecule has 1 aromatic carbocycles. The number of rotatable bonds is 6. The molecule has 19 heavy (non-hydrogen) atoms. The molecule has 6 nitrogen and oxygen atoms in total. The fourth-order valence-electron chi connectivity index (χ4n) is 1.53. The van der Waals surface area contributed by atoms with Gasteiger partial charge < -0.3 is 14.6 Å². The van der Waals surface area contributed by atoms with Crippen LogP contribution in [0, 0.1) is 0 Å². The number of ether oxygens (including phenoxy) is 2. The average Bonchev–Trinajstić information content (AvgIpc) is 2.86. The molecule has 0 fully saturated rings. The summed E-state index contributed by atoms with van der Waals surface area (Å²) in [5, 5.41) is 15.0. The van der Waals surface area contributed by atoms with Crippen molar-refractivity contribution >= 4 is 5.97 Å². The molecule has 2 aromatic rings. The van der Waals surface area contributed by atoms with E-state index in [4.69, 9.17) is 14.6 Å². The van der Waals surface area contributed by atoms with E-state index >= 15 is 0 Å². The van der Waals surface area contributed by atoms with Crippen molar-refractivity contribution in [3.05, 3.63) is 41.7 Å². The number of benzene rings is 1. The summed E-state index contributed by atoms with van der Waals surface area (Å²) in [6.07, 6.45) is 0. The van der Waals surface area contributed by atoms with Crippen LogP contribution in [-0.2, 0) is 6.61 Å². The lowest BCUT2D eigenvalue weighted by Crippen LogP contribution is -1.97. The molecular formula is C13H14N2O4. The summed E-state index contributed by atoms with van der Waals surface area (Å²) in [6, 6.07) is 8.69. The van der Waals surface area contributed by atoms with E-state index in [2.05, 4.69) is 10.2 Å².